The van der Waals surface area contributed by atoms with Gasteiger partial charge < -0.3 is 5.73 Å². The van der Waals surface area contributed by atoms with E-state index in [1.165, 1.54) is 0 Å². The minimum absolute atomic E-state index is 0.361. The summed E-state index contributed by atoms with van der Waals surface area (Å²) in [5.41, 5.74) is -10.7. The molecule has 0 rings (SSSR count). The maximum Gasteiger partial charge on any atom is 0.512 e. The maximum atomic E-state index is 12.2. The minimum atomic E-state index is -6.84. The summed E-state index contributed by atoms with van der Waals surface area (Å²) in [6.45, 7) is 0.721. The van der Waals surface area contributed by atoms with E-state index in [9.17, 15) is 43.2 Å². The molecule has 0 aliphatic rings. The Kier molecular flexibility index (Phi) is 4.32. The second kappa shape index (κ2) is 4.46. The Balaban J connectivity index is 6.41. The van der Waals surface area contributed by atoms with Crippen LogP contribution in [-0.2, 0) is 20.0 Å². The van der Waals surface area contributed by atoms with Gasteiger partial charge in [0, 0.05) is 0 Å². The fraction of sp³-hybridized carbons (Fsp3) is 1.00. The molecule has 19 heavy (non-hydrogen) atoms. The highest BCUT2D eigenvalue weighted by molar-refractivity contribution is 8.04. The van der Waals surface area contributed by atoms with Gasteiger partial charge in [-0.15, -0.1) is 0 Å². The summed E-state index contributed by atoms with van der Waals surface area (Å²) in [6, 6.07) is 0. The van der Waals surface area contributed by atoms with E-state index in [4.69, 9.17) is 5.73 Å². The molecular weight excluding hydrogens is 330 g/mol. The van der Waals surface area contributed by atoms with Crippen LogP contribution in [0.1, 0.15) is 13.8 Å². The number of halogens is 6. The van der Waals surface area contributed by atoms with E-state index in [0.717, 1.165) is 0 Å². The minimum Gasteiger partial charge on any atom is -0.312 e. The largest absolute Gasteiger partial charge is 0.512 e. The molecule has 0 saturated carbocycles. The first-order chi connectivity index (χ1) is 7.87. The van der Waals surface area contributed by atoms with Gasteiger partial charge in [-0.05, 0) is 13.8 Å². The summed E-state index contributed by atoms with van der Waals surface area (Å²) in [4.78, 5) is 0. The van der Waals surface area contributed by atoms with Crippen molar-refractivity contribution in [1.29, 1.82) is 0 Å². The molecule has 6 nitrogen and oxygen atoms in total. The third-order valence-electron chi connectivity index (χ3n) is 1.49. The van der Waals surface area contributed by atoms with Crippen molar-refractivity contribution in [2.45, 2.75) is 30.5 Å². The lowest BCUT2D eigenvalue weighted by molar-refractivity contribution is -0.0562. The quantitative estimate of drug-likeness (QED) is 0.603. The van der Waals surface area contributed by atoms with Gasteiger partial charge in [-0.1, -0.05) is 3.71 Å². The van der Waals surface area contributed by atoms with E-state index >= 15 is 0 Å². The van der Waals surface area contributed by atoms with E-state index in [1.54, 1.807) is 0 Å². The number of hydrogen-bond donors (Lipinski definition) is 1. The molecule has 0 spiro atoms. The summed E-state index contributed by atoms with van der Waals surface area (Å²) in [5, 5.41) is 0. The Hall–Kier alpha value is -0.600. The molecule has 0 heterocycles. The number of hydrogen-bond acceptors (Lipinski definition) is 5. The normalized spacial score (nSPS) is 15.9. The monoisotopic (exact) mass is 338 g/mol. The zero-order valence-electron chi connectivity index (χ0n) is 9.24. The molecule has 0 bridgehead atoms. The average molecular weight is 338 g/mol. The lowest BCUT2D eigenvalue weighted by atomic mass is 10.3. The number of nitrogens with zero attached hydrogens (tertiary/aromatic N) is 1. The SMILES string of the molecule is CC(C)(N)N(S(=O)(=O)C(F)(F)F)S(=O)(=O)C(F)(F)F. The molecule has 2 N–H and O–H groups in total. The van der Waals surface area contributed by atoms with Crippen LogP contribution in [0.25, 0.3) is 0 Å². The Morgan fingerprint density at radius 1 is 0.789 bits per heavy atom. The fourth-order valence-electron chi connectivity index (χ4n) is 0.937. The smallest absolute Gasteiger partial charge is 0.312 e. The second-order valence-corrected chi connectivity index (χ2v) is 7.54. The van der Waals surface area contributed by atoms with Crippen molar-refractivity contribution in [3.63, 3.8) is 0 Å². The molecule has 0 radical (unpaired) electrons. The highest BCUT2D eigenvalue weighted by atomic mass is 32.3. The van der Waals surface area contributed by atoms with Gasteiger partial charge in [-0.25, -0.2) is 16.8 Å². The topological polar surface area (TPSA) is 97.5 Å². The molecule has 0 fully saturated rings. The van der Waals surface area contributed by atoms with Gasteiger partial charge in [0.05, 0.1) is 5.66 Å². The van der Waals surface area contributed by atoms with Crippen molar-refractivity contribution in [2.24, 2.45) is 5.73 Å². The lowest BCUT2D eigenvalue weighted by Gasteiger charge is -2.33. The fourth-order valence-corrected chi connectivity index (χ4v) is 4.09. The van der Waals surface area contributed by atoms with E-state index in [-0.39, 0.29) is 0 Å². The van der Waals surface area contributed by atoms with Gasteiger partial charge in [0.25, 0.3) is 0 Å². The lowest BCUT2D eigenvalue weighted by Crippen LogP contribution is -2.62. The summed E-state index contributed by atoms with van der Waals surface area (Å²) < 4.78 is 115. The summed E-state index contributed by atoms with van der Waals surface area (Å²) in [6.07, 6.45) is 0. The van der Waals surface area contributed by atoms with Crippen LogP contribution >= 0.6 is 0 Å². The molecule has 116 valence electrons. The van der Waals surface area contributed by atoms with Gasteiger partial charge in [0.1, 0.15) is 0 Å². The number of nitrogens with two attached hydrogens (primary N) is 1. The van der Waals surface area contributed by atoms with Crippen LogP contribution in [0.4, 0.5) is 26.3 Å². The summed E-state index contributed by atoms with van der Waals surface area (Å²) in [7, 11) is -13.7. The van der Waals surface area contributed by atoms with Crippen molar-refractivity contribution in [3.8, 4) is 0 Å². The van der Waals surface area contributed by atoms with E-state index in [2.05, 4.69) is 0 Å². The van der Waals surface area contributed by atoms with Crippen molar-refractivity contribution in [3.05, 3.63) is 0 Å². The zero-order chi connectivity index (χ0) is 16.1. The van der Waals surface area contributed by atoms with Crippen LogP contribution in [-0.4, -0.2) is 37.2 Å². The van der Waals surface area contributed by atoms with Crippen molar-refractivity contribution >= 4 is 20.0 Å². The van der Waals surface area contributed by atoms with Crippen molar-refractivity contribution in [1.82, 2.24) is 3.71 Å². The third kappa shape index (κ3) is 3.29. The summed E-state index contributed by atoms with van der Waals surface area (Å²) >= 11 is 0. The van der Waals surface area contributed by atoms with Crippen LogP contribution in [0.2, 0.25) is 0 Å². The predicted molar refractivity (Wildman–Crippen MR) is 50.1 cm³/mol. The zero-order valence-corrected chi connectivity index (χ0v) is 10.9. The molecule has 0 aromatic heterocycles. The van der Waals surface area contributed by atoms with Crippen LogP contribution in [0.15, 0.2) is 0 Å². The van der Waals surface area contributed by atoms with Gasteiger partial charge >= 0.3 is 31.1 Å². The van der Waals surface area contributed by atoms with Gasteiger partial charge in [-0.3, -0.25) is 0 Å². The highest BCUT2D eigenvalue weighted by Crippen LogP contribution is 2.38. The molecule has 0 atom stereocenters. The van der Waals surface area contributed by atoms with E-state index in [0.29, 0.717) is 13.8 Å². The number of rotatable bonds is 3. The molecule has 0 saturated heterocycles. The first-order valence-electron chi connectivity index (χ1n) is 4.09. The first-order valence-corrected chi connectivity index (χ1v) is 6.97. The Morgan fingerprint density at radius 2 is 1.00 bits per heavy atom. The van der Waals surface area contributed by atoms with Crippen molar-refractivity contribution < 1.29 is 43.2 Å². The number of alkyl halides is 6. The van der Waals surface area contributed by atoms with Crippen LogP contribution < -0.4 is 5.73 Å². The van der Waals surface area contributed by atoms with E-state index < -0.39 is 40.4 Å². The van der Waals surface area contributed by atoms with Crippen LogP contribution in [0, 0.1) is 0 Å². The highest BCUT2D eigenvalue weighted by Gasteiger charge is 2.64. The second-order valence-electron chi connectivity index (χ2n) is 3.75. The molecule has 0 unspecified atom stereocenters. The molecule has 0 aromatic rings. The molecule has 0 aromatic carbocycles. The van der Waals surface area contributed by atoms with Crippen LogP contribution in [0.5, 0.6) is 0 Å². The first kappa shape index (κ1) is 18.4. The van der Waals surface area contributed by atoms with Gasteiger partial charge in [0.15, 0.2) is 0 Å². The maximum absolute atomic E-state index is 12.2. The van der Waals surface area contributed by atoms with Gasteiger partial charge in [-0.2, -0.15) is 26.3 Å². The van der Waals surface area contributed by atoms with Crippen molar-refractivity contribution in [2.75, 3.05) is 0 Å². The summed E-state index contributed by atoms with van der Waals surface area (Å²) in [5.74, 6) is 0. The molecule has 14 heteroatoms. The molecular formula is C5H8F6N2O4S2. The Labute approximate surface area is 104 Å². The standard InChI is InChI=1S/C5H8F6N2O4S2/c1-3(2,12)13(18(14,15)4(6,7)8)19(16,17)5(9,10)11/h12H2,1-2H3. The Morgan fingerprint density at radius 3 is 1.11 bits per heavy atom. The third-order valence-corrected chi connectivity index (χ3v) is 5.65. The predicted octanol–water partition coefficient (Wildman–Crippen LogP) is 0.682. The van der Waals surface area contributed by atoms with Crippen LogP contribution in [0.3, 0.4) is 0 Å². The average Bonchev–Trinajstić information content (AvgIpc) is 1.93. The molecule has 0 amide bonds. The Bertz CT molecular complexity index is 496. The van der Waals surface area contributed by atoms with Gasteiger partial charge in [0.2, 0.25) is 0 Å². The molecule has 0 aliphatic carbocycles. The molecule has 0 aliphatic heterocycles. The van der Waals surface area contributed by atoms with E-state index in [1.807, 2.05) is 0 Å². The number of sulfonamides is 2.